The minimum absolute atomic E-state index is 0.150. The second kappa shape index (κ2) is 5.96. The van der Waals surface area contributed by atoms with Gasteiger partial charge in [-0.2, -0.15) is 0 Å². The van der Waals surface area contributed by atoms with Crippen LogP contribution in [0.25, 0.3) is 6.08 Å². The molecule has 5 nitrogen and oxygen atoms in total. The molecule has 2 amide bonds. The van der Waals surface area contributed by atoms with E-state index in [1.807, 2.05) is 24.3 Å². The van der Waals surface area contributed by atoms with E-state index in [1.54, 1.807) is 49.3 Å². The molecule has 0 bridgehead atoms. The summed E-state index contributed by atoms with van der Waals surface area (Å²) < 4.78 is 5.71. The molecule has 0 spiro atoms. The van der Waals surface area contributed by atoms with Crippen LogP contribution in [0.2, 0.25) is 0 Å². The van der Waals surface area contributed by atoms with Crippen molar-refractivity contribution >= 4 is 23.6 Å². The van der Waals surface area contributed by atoms with Gasteiger partial charge in [0.2, 0.25) is 0 Å². The van der Waals surface area contributed by atoms with Gasteiger partial charge in [-0.1, -0.05) is 24.3 Å². The van der Waals surface area contributed by atoms with Crippen LogP contribution in [-0.2, 0) is 4.79 Å². The maximum absolute atomic E-state index is 12.4. The number of hydrogen-bond donors (Lipinski definition) is 1. The number of benzene rings is 2. The highest BCUT2D eigenvalue weighted by molar-refractivity contribution is 6.09. The van der Waals surface area contributed by atoms with Crippen molar-refractivity contribution < 1.29 is 14.3 Å². The summed E-state index contributed by atoms with van der Waals surface area (Å²) in [5, 5.41) is 2.57. The summed E-state index contributed by atoms with van der Waals surface area (Å²) in [6.07, 6.45) is 1.67. The third-order valence-corrected chi connectivity index (χ3v) is 3.66. The van der Waals surface area contributed by atoms with Crippen LogP contribution in [-0.4, -0.2) is 25.9 Å². The lowest BCUT2D eigenvalue weighted by Gasteiger charge is -2.27. The van der Waals surface area contributed by atoms with Crippen LogP contribution in [0, 0.1) is 0 Å². The van der Waals surface area contributed by atoms with Gasteiger partial charge in [-0.15, -0.1) is 0 Å². The average Bonchev–Trinajstić information content (AvgIpc) is 2.59. The van der Waals surface area contributed by atoms with Gasteiger partial charge < -0.3 is 15.0 Å². The highest BCUT2D eigenvalue weighted by Gasteiger charge is 2.27. The zero-order valence-electron chi connectivity index (χ0n) is 12.9. The van der Waals surface area contributed by atoms with Crippen LogP contribution < -0.4 is 15.0 Å². The Morgan fingerprint density at radius 1 is 1.13 bits per heavy atom. The normalized spacial score (nSPS) is 15.1. The van der Waals surface area contributed by atoms with Gasteiger partial charge in [0, 0.05) is 19.7 Å². The second-order valence-corrected chi connectivity index (χ2v) is 5.14. The summed E-state index contributed by atoms with van der Waals surface area (Å²) in [5.74, 6) is 0.531. The fourth-order valence-electron chi connectivity index (χ4n) is 2.38. The molecule has 0 unspecified atom stereocenters. The fraction of sp³-hybridized carbons (Fsp3) is 0.111. The van der Waals surface area contributed by atoms with Crippen molar-refractivity contribution in [3.63, 3.8) is 0 Å². The Kier molecular flexibility index (Phi) is 3.85. The van der Waals surface area contributed by atoms with Crippen molar-refractivity contribution in [2.24, 2.45) is 0 Å². The first-order chi connectivity index (χ1) is 11.1. The smallest absolute Gasteiger partial charge is 0.293 e. The zero-order valence-corrected chi connectivity index (χ0v) is 12.9. The molecule has 1 aliphatic heterocycles. The molecule has 23 heavy (non-hydrogen) atoms. The first-order valence-corrected chi connectivity index (χ1v) is 7.19. The molecular weight excluding hydrogens is 292 g/mol. The largest absolute Gasteiger partial charge is 0.449 e. The van der Waals surface area contributed by atoms with Gasteiger partial charge in [-0.3, -0.25) is 9.59 Å². The number of nitrogens with zero attached hydrogens (tertiary/aromatic N) is 1. The molecule has 0 aliphatic carbocycles. The van der Waals surface area contributed by atoms with Crippen LogP contribution in [0.4, 0.5) is 5.69 Å². The number of anilines is 1. The highest BCUT2D eigenvalue weighted by atomic mass is 16.5. The van der Waals surface area contributed by atoms with E-state index in [9.17, 15) is 9.59 Å². The van der Waals surface area contributed by atoms with E-state index in [0.717, 1.165) is 11.3 Å². The summed E-state index contributed by atoms with van der Waals surface area (Å²) in [4.78, 5) is 25.5. The molecule has 1 heterocycles. The van der Waals surface area contributed by atoms with Gasteiger partial charge in [0.1, 0.15) is 0 Å². The molecular formula is C18H16N2O3. The summed E-state index contributed by atoms with van der Waals surface area (Å²) in [5.41, 5.74) is 2.09. The maximum Gasteiger partial charge on any atom is 0.293 e. The standard InChI is InChI=1S/C18H16N2O3/c1-19-17(21)13-9-7-12(8-10-13)11-16-18(22)20(2)14-5-3-4-6-15(14)23-16/h3-11H,1-2H3,(H,19,21)/b16-11-. The number of likely N-dealkylation sites (N-methyl/N-ethyl adjacent to an activating group) is 1. The molecule has 2 aromatic carbocycles. The van der Waals surface area contributed by atoms with Gasteiger partial charge >= 0.3 is 0 Å². The number of carbonyl (C=O) groups excluding carboxylic acids is 2. The molecule has 0 aromatic heterocycles. The Hall–Kier alpha value is -3.08. The van der Waals surface area contributed by atoms with Crippen molar-refractivity contribution in [2.45, 2.75) is 0 Å². The second-order valence-electron chi connectivity index (χ2n) is 5.14. The van der Waals surface area contributed by atoms with Gasteiger partial charge in [0.15, 0.2) is 11.5 Å². The van der Waals surface area contributed by atoms with Gasteiger partial charge in [-0.25, -0.2) is 0 Å². The molecule has 3 rings (SSSR count). The molecule has 0 atom stereocenters. The molecule has 5 heteroatoms. The quantitative estimate of drug-likeness (QED) is 0.867. The van der Waals surface area contributed by atoms with Crippen LogP contribution in [0.15, 0.2) is 54.3 Å². The maximum atomic E-state index is 12.4. The van der Waals surface area contributed by atoms with Crippen LogP contribution in [0.3, 0.4) is 0 Å². The van der Waals surface area contributed by atoms with Crippen LogP contribution in [0.1, 0.15) is 15.9 Å². The van der Waals surface area contributed by atoms with E-state index in [0.29, 0.717) is 11.3 Å². The van der Waals surface area contributed by atoms with Crippen molar-refractivity contribution in [1.29, 1.82) is 0 Å². The third-order valence-electron chi connectivity index (χ3n) is 3.66. The first kappa shape index (κ1) is 14.8. The molecule has 0 fully saturated rings. The Labute approximate surface area is 134 Å². The molecule has 0 saturated carbocycles. The Bertz CT molecular complexity index is 794. The van der Waals surface area contributed by atoms with E-state index >= 15 is 0 Å². The number of hydrogen-bond acceptors (Lipinski definition) is 3. The van der Waals surface area contributed by atoms with E-state index in [1.165, 1.54) is 0 Å². The minimum atomic E-state index is -0.209. The Balaban J connectivity index is 1.91. The number of carbonyl (C=O) groups is 2. The molecule has 0 saturated heterocycles. The summed E-state index contributed by atoms with van der Waals surface area (Å²) in [6, 6.07) is 14.3. The fourth-order valence-corrected chi connectivity index (χ4v) is 2.38. The molecule has 1 N–H and O–H groups in total. The third kappa shape index (κ3) is 2.81. The van der Waals surface area contributed by atoms with Crippen molar-refractivity contribution in [3.05, 3.63) is 65.4 Å². The van der Waals surface area contributed by atoms with Crippen LogP contribution >= 0.6 is 0 Å². The monoisotopic (exact) mass is 308 g/mol. The Morgan fingerprint density at radius 2 is 1.83 bits per heavy atom. The molecule has 116 valence electrons. The molecule has 2 aromatic rings. The zero-order chi connectivity index (χ0) is 16.4. The van der Waals surface area contributed by atoms with Gasteiger partial charge in [-0.05, 0) is 35.9 Å². The van der Waals surface area contributed by atoms with Gasteiger partial charge in [0.25, 0.3) is 11.8 Å². The van der Waals surface area contributed by atoms with Gasteiger partial charge in [0.05, 0.1) is 5.69 Å². The van der Waals surface area contributed by atoms with Crippen molar-refractivity contribution in [3.8, 4) is 5.75 Å². The van der Waals surface area contributed by atoms with E-state index in [2.05, 4.69) is 5.32 Å². The lowest BCUT2D eigenvalue weighted by Crippen LogP contribution is -2.33. The topological polar surface area (TPSA) is 58.6 Å². The van der Waals surface area contributed by atoms with E-state index in [-0.39, 0.29) is 17.6 Å². The number of rotatable bonds is 2. The first-order valence-electron chi connectivity index (χ1n) is 7.19. The van der Waals surface area contributed by atoms with Crippen molar-refractivity contribution in [2.75, 3.05) is 19.0 Å². The lowest BCUT2D eigenvalue weighted by molar-refractivity contribution is -0.117. The SMILES string of the molecule is CNC(=O)c1ccc(/C=C2\Oc3ccccc3N(C)C2=O)cc1. The average molecular weight is 308 g/mol. The molecule has 1 aliphatic rings. The number of nitrogens with one attached hydrogen (secondary N) is 1. The number of fused-ring (bicyclic) bond motifs is 1. The van der Waals surface area contributed by atoms with Crippen molar-refractivity contribution in [1.82, 2.24) is 5.32 Å². The van der Waals surface area contributed by atoms with E-state index in [4.69, 9.17) is 4.74 Å². The highest BCUT2D eigenvalue weighted by Crippen LogP contribution is 2.34. The minimum Gasteiger partial charge on any atom is -0.449 e. The number of ether oxygens (including phenoxy) is 1. The van der Waals surface area contributed by atoms with E-state index < -0.39 is 0 Å². The summed E-state index contributed by atoms with van der Waals surface area (Å²) in [7, 11) is 3.30. The lowest BCUT2D eigenvalue weighted by atomic mass is 10.1. The Morgan fingerprint density at radius 3 is 2.52 bits per heavy atom. The predicted molar refractivity (Wildman–Crippen MR) is 88.3 cm³/mol. The van der Waals surface area contributed by atoms with Crippen LogP contribution in [0.5, 0.6) is 5.75 Å². The number of para-hydroxylation sites is 2. The molecule has 0 radical (unpaired) electrons. The predicted octanol–water partition coefficient (Wildman–Crippen LogP) is 2.44. The summed E-state index contributed by atoms with van der Waals surface area (Å²) in [6.45, 7) is 0. The summed E-state index contributed by atoms with van der Waals surface area (Å²) >= 11 is 0. The number of amides is 2.